The summed E-state index contributed by atoms with van der Waals surface area (Å²) in [5, 5.41) is 11.9. The fraction of sp³-hybridized carbons (Fsp3) is 0.350. The van der Waals surface area contributed by atoms with Gasteiger partial charge in [0.15, 0.2) is 0 Å². The second-order valence-corrected chi connectivity index (χ2v) is 6.62. The first-order valence-corrected chi connectivity index (χ1v) is 8.78. The molecule has 0 radical (unpaired) electrons. The molecule has 0 aliphatic carbocycles. The van der Waals surface area contributed by atoms with Gasteiger partial charge < -0.3 is 10.4 Å². The number of nitrogens with zero attached hydrogens (tertiary/aromatic N) is 2. The van der Waals surface area contributed by atoms with Crippen molar-refractivity contribution in [1.29, 1.82) is 0 Å². The van der Waals surface area contributed by atoms with Gasteiger partial charge in [-0.15, -0.1) is 0 Å². The summed E-state index contributed by atoms with van der Waals surface area (Å²) in [5.41, 5.74) is 3.36. The van der Waals surface area contributed by atoms with Crippen LogP contribution < -0.4 is 5.32 Å². The number of likely N-dealkylation sites (tertiary alicyclic amines) is 1. The minimum Gasteiger partial charge on any atom is -0.478 e. The lowest BCUT2D eigenvalue weighted by Gasteiger charge is -2.25. The summed E-state index contributed by atoms with van der Waals surface area (Å²) in [6.45, 7) is 3.62. The van der Waals surface area contributed by atoms with E-state index in [1.54, 1.807) is 24.4 Å². The molecule has 1 atom stereocenters. The van der Waals surface area contributed by atoms with E-state index in [1.165, 1.54) is 12.5 Å². The number of benzene rings is 1. The first kappa shape index (κ1) is 18.1. The van der Waals surface area contributed by atoms with Crippen LogP contribution >= 0.6 is 0 Å². The molecular weight excluding hydrogens is 330 g/mol. The van der Waals surface area contributed by atoms with Crippen LogP contribution in [-0.4, -0.2) is 33.4 Å². The Morgan fingerprint density at radius 2 is 2.15 bits per heavy atom. The van der Waals surface area contributed by atoms with E-state index in [-0.39, 0.29) is 11.9 Å². The number of rotatable bonds is 6. The summed E-state index contributed by atoms with van der Waals surface area (Å²) in [4.78, 5) is 29.0. The number of carboxylic acids is 1. The van der Waals surface area contributed by atoms with Gasteiger partial charge in [-0.25, -0.2) is 4.79 Å². The summed E-state index contributed by atoms with van der Waals surface area (Å²) in [7, 11) is 0. The Morgan fingerprint density at radius 3 is 2.92 bits per heavy atom. The van der Waals surface area contributed by atoms with E-state index in [1.807, 2.05) is 18.2 Å². The average Bonchev–Trinajstić information content (AvgIpc) is 3.08. The molecule has 6 heteroatoms. The summed E-state index contributed by atoms with van der Waals surface area (Å²) < 4.78 is 0. The molecule has 1 aromatic carbocycles. The fourth-order valence-electron chi connectivity index (χ4n) is 3.45. The molecule has 2 N–H and O–H groups in total. The smallest absolute Gasteiger partial charge is 0.335 e. The van der Waals surface area contributed by atoms with E-state index in [0.717, 1.165) is 37.2 Å². The van der Waals surface area contributed by atoms with Crippen molar-refractivity contribution in [3.63, 3.8) is 0 Å². The van der Waals surface area contributed by atoms with Gasteiger partial charge in [0.1, 0.15) is 0 Å². The Bertz CT molecular complexity index is 806. The number of aromatic carboxylic acids is 1. The van der Waals surface area contributed by atoms with E-state index in [2.05, 4.69) is 15.2 Å². The Balaban J connectivity index is 1.74. The largest absolute Gasteiger partial charge is 0.478 e. The first-order chi connectivity index (χ1) is 12.5. The number of pyridine rings is 1. The zero-order chi connectivity index (χ0) is 18.5. The van der Waals surface area contributed by atoms with Gasteiger partial charge >= 0.3 is 5.97 Å². The van der Waals surface area contributed by atoms with Crippen LogP contribution in [0.25, 0.3) is 0 Å². The van der Waals surface area contributed by atoms with E-state index in [4.69, 9.17) is 5.11 Å². The third-order valence-electron chi connectivity index (χ3n) is 4.67. The molecule has 1 fully saturated rings. The monoisotopic (exact) mass is 353 g/mol. The van der Waals surface area contributed by atoms with Gasteiger partial charge in [0.2, 0.25) is 5.91 Å². The van der Waals surface area contributed by atoms with Gasteiger partial charge in [0.25, 0.3) is 0 Å². The molecule has 3 rings (SSSR count). The van der Waals surface area contributed by atoms with Crippen molar-refractivity contribution >= 4 is 11.9 Å². The van der Waals surface area contributed by atoms with Crippen molar-refractivity contribution < 1.29 is 14.7 Å². The molecule has 1 saturated heterocycles. The maximum absolute atomic E-state index is 11.2. The van der Waals surface area contributed by atoms with Crippen molar-refractivity contribution in [3.8, 4) is 0 Å². The summed E-state index contributed by atoms with van der Waals surface area (Å²) in [6, 6.07) is 11.5. The Hall–Kier alpha value is -2.73. The van der Waals surface area contributed by atoms with Crippen LogP contribution in [0, 0.1) is 0 Å². The number of nitrogens with one attached hydrogen (secondary N) is 1. The topological polar surface area (TPSA) is 82.5 Å². The Labute approximate surface area is 152 Å². The average molecular weight is 353 g/mol. The zero-order valence-corrected chi connectivity index (χ0v) is 14.8. The molecule has 136 valence electrons. The lowest BCUT2D eigenvalue weighted by molar-refractivity contribution is -0.119. The van der Waals surface area contributed by atoms with Gasteiger partial charge in [-0.1, -0.05) is 12.1 Å². The molecule has 1 amide bonds. The number of aromatic nitrogens is 1. The fourth-order valence-corrected chi connectivity index (χ4v) is 3.45. The number of hydrogen-bond donors (Lipinski definition) is 2. The lowest BCUT2D eigenvalue weighted by Crippen LogP contribution is -2.24. The van der Waals surface area contributed by atoms with Crippen LogP contribution in [0.4, 0.5) is 0 Å². The van der Waals surface area contributed by atoms with Crippen molar-refractivity contribution in [3.05, 3.63) is 65.0 Å². The van der Waals surface area contributed by atoms with Crippen LogP contribution in [0.15, 0.2) is 42.6 Å². The highest BCUT2D eigenvalue weighted by molar-refractivity contribution is 5.87. The molecule has 1 aliphatic rings. The summed E-state index contributed by atoms with van der Waals surface area (Å²) in [6.07, 6.45) is 3.95. The van der Waals surface area contributed by atoms with Crippen LogP contribution in [0.1, 0.15) is 53.0 Å². The zero-order valence-electron chi connectivity index (χ0n) is 14.8. The molecule has 0 spiro atoms. The molecule has 2 aromatic rings. The molecule has 1 aliphatic heterocycles. The van der Waals surface area contributed by atoms with Gasteiger partial charge in [-0.3, -0.25) is 14.7 Å². The minimum atomic E-state index is -0.901. The third-order valence-corrected chi connectivity index (χ3v) is 4.67. The quantitative estimate of drug-likeness (QED) is 0.834. The van der Waals surface area contributed by atoms with E-state index < -0.39 is 5.97 Å². The first-order valence-electron chi connectivity index (χ1n) is 8.78. The molecule has 2 heterocycles. The molecule has 6 nitrogen and oxygen atoms in total. The Morgan fingerprint density at radius 1 is 1.31 bits per heavy atom. The molecule has 26 heavy (non-hydrogen) atoms. The highest BCUT2D eigenvalue weighted by atomic mass is 16.4. The van der Waals surface area contributed by atoms with Gasteiger partial charge in [0.05, 0.1) is 17.8 Å². The van der Waals surface area contributed by atoms with E-state index in [0.29, 0.717) is 12.1 Å². The molecular formula is C20H23N3O3. The normalized spacial score (nSPS) is 17.2. The van der Waals surface area contributed by atoms with Crippen molar-refractivity contribution in [2.45, 2.75) is 38.9 Å². The van der Waals surface area contributed by atoms with Crippen LogP contribution in [0.3, 0.4) is 0 Å². The molecule has 1 unspecified atom stereocenters. The number of hydrogen-bond acceptors (Lipinski definition) is 4. The van der Waals surface area contributed by atoms with Gasteiger partial charge in [-0.2, -0.15) is 0 Å². The number of carboxylic acid groups (broad SMARTS) is 1. The minimum absolute atomic E-state index is 0.0713. The van der Waals surface area contributed by atoms with Crippen LogP contribution in [0.5, 0.6) is 0 Å². The number of carbonyl (C=O) groups is 2. The third kappa shape index (κ3) is 4.46. The van der Waals surface area contributed by atoms with Crippen molar-refractivity contribution in [2.75, 3.05) is 6.54 Å². The molecule has 0 bridgehead atoms. The van der Waals surface area contributed by atoms with Gasteiger partial charge in [0, 0.05) is 25.7 Å². The second kappa shape index (κ2) is 8.10. The van der Waals surface area contributed by atoms with Gasteiger partial charge in [-0.05, 0) is 54.8 Å². The lowest BCUT2D eigenvalue weighted by atomic mass is 10.0. The van der Waals surface area contributed by atoms with E-state index >= 15 is 0 Å². The summed E-state index contributed by atoms with van der Waals surface area (Å²) in [5.74, 6) is -0.973. The maximum atomic E-state index is 11.2. The van der Waals surface area contributed by atoms with Crippen molar-refractivity contribution in [2.24, 2.45) is 0 Å². The second-order valence-electron chi connectivity index (χ2n) is 6.62. The molecule has 1 aromatic heterocycles. The molecule has 0 saturated carbocycles. The van der Waals surface area contributed by atoms with Crippen LogP contribution in [-0.2, 0) is 17.9 Å². The van der Waals surface area contributed by atoms with Crippen LogP contribution in [0.2, 0.25) is 0 Å². The Kier molecular flexibility index (Phi) is 5.63. The predicted octanol–water partition coefficient (Wildman–Crippen LogP) is 2.75. The maximum Gasteiger partial charge on any atom is 0.335 e. The number of carbonyl (C=O) groups excluding carboxylic acids is 1. The highest BCUT2D eigenvalue weighted by Gasteiger charge is 2.26. The van der Waals surface area contributed by atoms with Crippen molar-refractivity contribution in [1.82, 2.24) is 15.2 Å². The standard InChI is InChI=1S/C20H23N3O3/c1-14(24)22-12-18-11-16(7-8-21-18)19-6-3-9-23(19)13-15-4-2-5-17(10-15)20(25)26/h2,4-5,7-8,10-11,19H,3,6,9,12-13H2,1H3,(H,22,24)(H,25,26). The SMILES string of the molecule is CC(=O)NCc1cc(C2CCCN2Cc2cccc(C(=O)O)c2)ccn1. The number of amides is 1. The van der Waals surface area contributed by atoms with E-state index in [9.17, 15) is 9.59 Å². The summed E-state index contributed by atoms with van der Waals surface area (Å²) >= 11 is 0. The highest BCUT2D eigenvalue weighted by Crippen LogP contribution is 2.33. The predicted molar refractivity (Wildman–Crippen MR) is 97.5 cm³/mol.